The molecule has 0 saturated heterocycles. The van der Waals surface area contributed by atoms with E-state index in [0.29, 0.717) is 16.6 Å². The van der Waals surface area contributed by atoms with E-state index in [1.165, 1.54) is 10.6 Å². The number of carbonyl (C=O) groups is 1. The molecule has 0 fully saturated rings. The number of nitrogens with one attached hydrogen (secondary N) is 3. The van der Waals surface area contributed by atoms with Crippen LogP contribution in [0.15, 0.2) is 34.0 Å². The van der Waals surface area contributed by atoms with Crippen LogP contribution in [0.3, 0.4) is 0 Å². The minimum atomic E-state index is -0.499. The minimum absolute atomic E-state index is 0.0397. The van der Waals surface area contributed by atoms with E-state index in [0.717, 1.165) is 23.5 Å². The molecule has 0 saturated carbocycles. The Morgan fingerprint density at radius 1 is 1.33 bits per heavy atom. The number of carbonyl (C=O) groups excluding carboxylic acids is 1. The number of benzene rings is 1. The first-order valence-corrected chi connectivity index (χ1v) is 9.37. The van der Waals surface area contributed by atoms with Gasteiger partial charge in [0.15, 0.2) is 5.65 Å². The average molecular weight is 384 g/mol. The Balaban J connectivity index is 1.70. The lowest BCUT2D eigenvalue weighted by molar-refractivity contribution is 0.102. The number of thioether (sulfide) groups is 1. The van der Waals surface area contributed by atoms with Crippen LogP contribution in [0.25, 0.3) is 16.6 Å². The molecule has 0 bridgehead atoms. The number of anilines is 1. The van der Waals surface area contributed by atoms with Crippen molar-refractivity contribution in [1.82, 2.24) is 35.2 Å². The van der Waals surface area contributed by atoms with Crippen LogP contribution in [-0.4, -0.2) is 46.9 Å². The molecule has 4 rings (SSSR count). The maximum absolute atomic E-state index is 12.8. The highest BCUT2D eigenvalue weighted by molar-refractivity contribution is 7.99. The fourth-order valence-corrected chi connectivity index (χ4v) is 3.63. The van der Waals surface area contributed by atoms with Gasteiger partial charge in [0.25, 0.3) is 17.4 Å². The average Bonchev–Trinajstić information content (AvgIpc) is 3.32. The summed E-state index contributed by atoms with van der Waals surface area (Å²) in [6.07, 6.45) is 2.25. The molecule has 138 valence electrons. The van der Waals surface area contributed by atoms with Gasteiger partial charge >= 0.3 is 0 Å². The van der Waals surface area contributed by atoms with Gasteiger partial charge in [-0.05, 0) is 35.6 Å². The topological polar surface area (TPSA) is 134 Å². The predicted molar refractivity (Wildman–Crippen MR) is 101 cm³/mol. The normalized spacial score (nSPS) is 11.3. The van der Waals surface area contributed by atoms with Crippen LogP contribution in [0, 0.1) is 0 Å². The number of unbranched alkanes of at least 4 members (excludes halogenated alkanes) is 1. The van der Waals surface area contributed by atoms with Gasteiger partial charge in [-0.1, -0.05) is 18.4 Å². The van der Waals surface area contributed by atoms with Crippen molar-refractivity contribution in [2.75, 3.05) is 11.1 Å². The SMILES string of the molecule is CCCCSc1ccc2nc3cc(C(=O)Nc4nn[nH]n4)[nH]n3c(=O)c2c1. The van der Waals surface area contributed by atoms with Crippen LogP contribution in [-0.2, 0) is 0 Å². The van der Waals surface area contributed by atoms with Crippen LogP contribution in [0.5, 0.6) is 0 Å². The van der Waals surface area contributed by atoms with E-state index >= 15 is 0 Å². The van der Waals surface area contributed by atoms with Gasteiger partial charge < -0.3 is 0 Å². The van der Waals surface area contributed by atoms with E-state index in [9.17, 15) is 9.59 Å². The molecule has 27 heavy (non-hydrogen) atoms. The molecule has 3 aromatic heterocycles. The van der Waals surface area contributed by atoms with Gasteiger partial charge in [0.2, 0.25) is 0 Å². The van der Waals surface area contributed by atoms with Gasteiger partial charge in [-0.3, -0.25) is 20.0 Å². The summed E-state index contributed by atoms with van der Waals surface area (Å²) in [7, 11) is 0. The largest absolute Gasteiger partial charge is 0.286 e. The Kier molecular flexibility index (Phi) is 4.59. The summed E-state index contributed by atoms with van der Waals surface area (Å²) < 4.78 is 1.26. The number of rotatable bonds is 6. The summed E-state index contributed by atoms with van der Waals surface area (Å²) in [4.78, 5) is 30.6. The Morgan fingerprint density at radius 3 is 3.00 bits per heavy atom. The molecule has 1 amide bonds. The highest BCUT2D eigenvalue weighted by Crippen LogP contribution is 2.22. The number of tetrazole rings is 1. The van der Waals surface area contributed by atoms with Crippen molar-refractivity contribution < 1.29 is 4.79 Å². The van der Waals surface area contributed by atoms with Crippen LogP contribution in [0.2, 0.25) is 0 Å². The van der Waals surface area contributed by atoms with Crippen molar-refractivity contribution >= 4 is 40.2 Å². The van der Waals surface area contributed by atoms with Gasteiger partial charge in [-0.25, -0.2) is 9.50 Å². The molecule has 1 aromatic carbocycles. The third kappa shape index (κ3) is 3.40. The number of H-pyrrole nitrogens is 2. The predicted octanol–water partition coefficient (Wildman–Crippen LogP) is 1.83. The minimum Gasteiger partial charge on any atom is -0.286 e. The van der Waals surface area contributed by atoms with Crippen molar-refractivity contribution in [3.05, 3.63) is 40.3 Å². The summed E-state index contributed by atoms with van der Waals surface area (Å²) >= 11 is 1.71. The van der Waals surface area contributed by atoms with E-state index in [1.807, 2.05) is 18.2 Å². The quantitative estimate of drug-likeness (QED) is 0.341. The lowest BCUT2D eigenvalue weighted by Crippen LogP contribution is -2.17. The molecule has 0 radical (unpaired) electrons. The van der Waals surface area contributed by atoms with Crippen LogP contribution < -0.4 is 10.9 Å². The molecule has 4 aromatic rings. The van der Waals surface area contributed by atoms with Crippen molar-refractivity contribution in [3.63, 3.8) is 0 Å². The zero-order valence-electron chi connectivity index (χ0n) is 14.4. The summed E-state index contributed by atoms with van der Waals surface area (Å²) in [6, 6.07) is 7.14. The van der Waals surface area contributed by atoms with Gasteiger partial charge in [0.05, 0.1) is 10.9 Å². The molecule has 11 heteroatoms. The summed E-state index contributed by atoms with van der Waals surface area (Å²) in [6.45, 7) is 2.14. The van der Waals surface area contributed by atoms with E-state index < -0.39 is 5.91 Å². The number of aromatic nitrogens is 7. The third-order valence-electron chi connectivity index (χ3n) is 3.95. The van der Waals surface area contributed by atoms with Crippen molar-refractivity contribution in [2.45, 2.75) is 24.7 Å². The Morgan fingerprint density at radius 2 is 2.22 bits per heavy atom. The Bertz CT molecular complexity index is 1160. The zero-order chi connectivity index (χ0) is 18.8. The fourth-order valence-electron chi connectivity index (χ4n) is 2.59. The molecule has 0 aliphatic carbocycles. The first-order valence-electron chi connectivity index (χ1n) is 8.39. The number of hydrogen-bond donors (Lipinski definition) is 3. The van der Waals surface area contributed by atoms with Gasteiger partial charge in [-0.15, -0.1) is 16.9 Å². The second-order valence-corrected chi connectivity index (χ2v) is 7.02. The van der Waals surface area contributed by atoms with Crippen molar-refractivity contribution in [1.29, 1.82) is 0 Å². The molecule has 10 nitrogen and oxygen atoms in total. The van der Waals surface area contributed by atoms with Crippen LogP contribution in [0.1, 0.15) is 30.3 Å². The maximum atomic E-state index is 12.8. The second-order valence-electron chi connectivity index (χ2n) is 5.85. The Hall–Kier alpha value is -3.21. The number of hydrogen-bond acceptors (Lipinski definition) is 7. The highest BCUT2D eigenvalue weighted by atomic mass is 32.2. The molecule has 0 spiro atoms. The standard InChI is InChI=1S/C16H16N8O2S/c1-2-3-6-27-9-4-5-11-10(7-9)15(26)24-13(17-11)8-12(21-24)14(25)18-16-19-22-23-20-16/h4-5,7-8,21H,2-3,6H2,1H3,(H2,18,19,20,22,23,25). The number of amides is 1. The highest BCUT2D eigenvalue weighted by Gasteiger charge is 2.15. The van der Waals surface area contributed by atoms with E-state index in [2.05, 4.69) is 42.9 Å². The third-order valence-corrected chi connectivity index (χ3v) is 5.03. The lowest BCUT2D eigenvalue weighted by atomic mass is 10.2. The van der Waals surface area contributed by atoms with Gasteiger partial charge in [0, 0.05) is 11.0 Å². The number of nitrogens with zero attached hydrogens (tertiary/aromatic N) is 5. The summed E-state index contributed by atoms with van der Waals surface area (Å²) in [5, 5.41) is 18.7. The van der Waals surface area contributed by atoms with Gasteiger partial charge in [0.1, 0.15) is 5.69 Å². The smallest absolute Gasteiger partial charge is 0.280 e. The summed E-state index contributed by atoms with van der Waals surface area (Å²) in [5.41, 5.74) is 0.852. The fraction of sp³-hybridized carbons (Fsp3) is 0.250. The summed E-state index contributed by atoms with van der Waals surface area (Å²) in [5.74, 6) is 0.543. The van der Waals surface area contributed by atoms with Crippen molar-refractivity contribution in [2.24, 2.45) is 0 Å². The van der Waals surface area contributed by atoms with E-state index in [-0.39, 0.29) is 17.2 Å². The van der Waals surface area contributed by atoms with E-state index in [1.54, 1.807) is 11.8 Å². The first kappa shape index (κ1) is 17.2. The molecular formula is C16H16N8O2S. The molecule has 0 unspecified atom stereocenters. The van der Waals surface area contributed by atoms with E-state index in [4.69, 9.17) is 0 Å². The molecule has 0 atom stereocenters. The monoisotopic (exact) mass is 384 g/mol. The van der Waals surface area contributed by atoms with Crippen molar-refractivity contribution in [3.8, 4) is 0 Å². The van der Waals surface area contributed by atoms with Gasteiger partial charge in [-0.2, -0.15) is 5.21 Å². The molecule has 0 aliphatic heterocycles. The molecule has 0 aliphatic rings. The number of aromatic amines is 2. The Labute approximate surface area is 156 Å². The molecular weight excluding hydrogens is 368 g/mol. The first-order chi connectivity index (χ1) is 13.2. The molecule has 3 N–H and O–H groups in total. The van der Waals surface area contributed by atoms with Crippen LogP contribution >= 0.6 is 11.8 Å². The lowest BCUT2D eigenvalue weighted by Gasteiger charge is -2.03. The number of fused-ring (bicyclic) bond motifs is 2. The second kappa shape index (κ2) is 7.19. The maximum Gasteiger partial charge on any atom is 0.280 e. The van der Waals surface area contributed by atoms with Crippen LogP contribution in [0.4, 0.5) is 5.95 Å². The zero-order valence-corrected chi connectivity index (χ0v) is 15.2. The molecule has 3 heterocycles.